The van der Waals surface area contributed by atoms with E-state index in [2.05, 4.69) is 0 Å². The molecule has 0 radical (unpaired) electrons. The van der Waals surface area contributed by atoms with Crippen molar-refractivity contribution in [1.29, 1.82) is 0 Å². The van der Waals surface area contributed by atoms with Crippen molar-refractivity contribution >= 4 is 0 Å². The van der Waals surface area contributed by atoms with Crippen LogP contribution in [0, 0.1) is 5.92 Å². The highest BCUT2D eigenvalue weighted by Gasteiger charge is 2.50. The third-order valence-corrected chi connectivity index (χ3v) is 5.26. The summed E-state index contributed by atoms with van der Waals surface area (Å²) in [4.78, 5) is 0. The van der Waals surface area contributed by atoms with E-state index in [-0.39, 0.29) is 30.8 Å². The molecule has 28 heavy (non-hydrogen) atoms. The summed E-state index contributed by atoms with van der Waals surface area (Å²) in [7, 11) is 1.57. The van der Waals surface area contributed by atoms with E-state index in [1.165, 1.54) is 0 Å². The van der Waals surface area contributed by atoms with Gasteiger partial charge in [-0.05, 0) is 5.56 Å². The lowest BCUT2D eigenvalue weighted by Crippen LogP contribution is -2.61. The van der Waals surface area contributed by atoms with Crippen molar-refractivity contribution in [2.75, 3.05) is 20.3 Å². The molecule has 0 spiro atoms. The van der Waals surface area contributed by atoms with Gasteiger partial charge in [0, 0.05) is 12.7 Å². The number of aliphatic hydroxyl groups excluding tert-OH is 1. The molecule has 4 rings (SSSR count). The largest absolute Gasteiger partial charge is 0.396 e. The van der Waals surface area contributed by atoms with Crippen molar-refractivity contribution < 1.29 is 28.8 Å². The van der Waals surface area contributed by atoms with E-state index in [4.69, 9.17) is 23.7 Å². The number of hydrogen-bond acceptors (Lipinski definition) is 6. The second kappa shape index (κ2) is 9.13. The highest BCUT2D eigenvalue weighted by atomic mass is 16.7. The number of ether oxygens (including phenoxy) is 5. The first-order valence-corrected chi connectivity index (χ1v) is 9.57. The lowest BCUT2D eigenvalue weighted by Gasteiger charge is -2.48. The molecular formula is C22H26O6. The molecule has 2 aliphatic rings. The van der Waals surface area contributed by atoms with Crippen LogP contribution in [0.25, 0.3) is 0 Å². The van der Waals surface area contributed by atoms with Crippen molar-refractivity contribution in [2.24, 2.45) is 5.92 Å². The molecule has 2 aromatic rings. The lowest BCUT2D eigenvalue weighted by molar-refractivity contribution is -0.358. The Morgan fingerprint density at radius 3 is 2.39 bits per heavy atom. The number of aliphatic hydroxyl groups is 1. The Hall–Kier alpha value is -1.80. The molecule has 1 N–H and O–H groups in total. The number of fused-ring (bicyclic) bond motifs is 1. The van der Waals surface area contributed by atoms with E-state index in [0.29, 0.717) is 13.2 Å². The van der Waals surface area contributed by atoms with Gasteiger partial charge in [-0.15, -0.1) is 0 Å². The first-order valence-electron chi connectivity index (χ1n) is 9.57. The van der Waals surface area contributed by atoms with Crippen LogP contribution < -0.4 is 0 Å². The zero-order chi connectivity index (χ0) is 19.3. The average Bonchev–Trinajstić information content (AvgIpc) is 2.77. The zero-order valence-corrected chi connectivity index (χ0v) is 15.8. The molecule has 2 aromatic carbocycles. The van der Waals surface area contributed by atoms with Gasteiger partial charge in [-0.1, -0.05) is 60.7 Å². The summed E-state index contributed by atoms with van der Waals surface area (Å²) in [6, 6.07) is 19.7. The maximum atomic E-state index is 10.0. The molecule has 6 nitrogen and oxygen atoms in total. The maximum Gasteiger partial charge on any atom is 0.184 e. The first-order chi connectivity index (χ1) is 13.8. The van der Waals surface area contributed by atoms with Gasteiger partial charge in [0.25, 0.3) is 0 Å². The Balaban J connectivity index is 1.54. The highest BCUT2D eigenvalue weighted by molar-refractivity contribution is 5.17. The summed E-state index contributed by atoms with van der Waals surface area (Å²) in [5.74, 6) is -0.357. The monoisotopic (exact) mass is 386 g/mol. The summed E-state index contributed by atoms with van der Waals surface area (Å²) < 4.78 is 29.9. The van der Waals surface area contributed by atoms with E-state index in [1.54, 1.807) is 7.11 Å². The van der Waals surface area contributed by atoms with Crippen LogP contribution in [-0.4, -0.2) is 50.0 Å². The third kappa shape index (κ3) is 4.12. The molecule has 2 aliphatic heterocycles. The van der Waals surface area contributed by atoms with Crippen molar-refractivity contribution in [1.82, 2.24) is 0 Å². The molecule has 0 amide bonds. The zero-order valence-electron chi connectivity index (χ0n) is 15.8. The minimum atomic E-state index is -0.576. The molecule has 2 heterocycles. The van der Waals surface area contributed by atoms with Crippen molar-refractivity contribution in [2.45, 2.75) is 37.5 Å². The minimum absolute atomic E-state index is 0.124. The molecule has 0 unspecified atom stereocenters. The smallest absolute Gasteiger partial charge is 0.184 e. The maximum absolute atomic E-state index is 10.0. The van der Waals surface area contributed by atoms with Crippen LogP contribution in [-0.2, 0) is 30.3 Å². The molecule has 2 fully saturated rings. The Morgan fingerprint density at radius 1 is 1.00 bits per heavy atom. The third-order valence-electron chi connectivity index (χ3n) is 5.26. The summed E-state index contributed by atoms with van der Waals surface area (Å²) in [6.45, 7) is 0.663. The van der Waals surface area contributed by atoms with Crippen LogP contribution in [0.3, 0.4) is 0 Å². The van der Waals surface area contributed by atoms with Crippen LogP contribution in [0.4, 0.5) is 0 Å². The fourth-order valence-corrected chi connectivity index (χ4v) is 3.81. The fourth-order valence-electron chi connectivity index (χ4n) is 3.81. The Kier molecular flexibility index (Phi) is 6.36. The minimum Gasteiger partial charge on any atom is -0.396 e. The molecule has 150 valence electrons. The highest BCUT2D eigenvalue weighted by Crippen LogP contribution is 2.38. The standard InChI is InChI=1S/C22H26O6/c1-24-22-17(12-23)19(25-13-15-8-4-2-5-9-15)20-18(27-22)14-26-21(28-20)16-10-6-3-7-11-16/h2-11,17-23H,12-14H2,1H3/t17-,18-,19-,20-,21-,22+/m1/s1. The molecule has 0 saturated carbocycles. The van der Waals surface area contributed by atoms with Crippen LogP contribution in [0.1, 0.15) is 17.4 Å². The Morgan fingerprint density at radius 2 is 1.71 bits per heavy atom. The van der Waals surface area contributed by atoms with E-state index >= 15 is 0 Å². The topological polar surface area (TPSA) is 66.4 Å². The van der Waals surface area contributed by atoms with Crippen molar-refractivity contribution in [3.05, 3.63) is 71.8 Å². The van der Waals surface area contributed by atoms with Gasteiger partial charge in [0.15, 0.2) is 12.6 Å². The van der Waals surface area contributed by atoms with Crippen molar-refractivity contribution in [3.8, 4) is 0 Å². The van der Waals surface area contributed by atoms with Gasteiger partial charge in [-0.2, -0.15) is 0 Å². The van der Waals surface area contributed by atoms with Gasteiger partial charge in [0.05, 0.1) is 31.8 Å². The summed E-state index contributed by atoms with van der Waals surface area (Å²) in [5, 5.41) is 10.0. The van der Waals surface area contributed by atoms with Gasteiger partial charge < -0.3 is 28.8 Å². The van der Waals surface area contributed by atoms with Gasteiger partial charge in [-0.3, -0.25) is 0 Å². The Labute approximate surface area is 164 Å². The predicted octanol–water partition coefficient (Wildman–Crippen LogP) is 2.67. The van der Waals surface area contributed by atoms with Crippen LogP contribution in [0.5, 0.6) is 0 Å². The van der Waals surface area contributed by atoms with Crippen LogP contribution in [0.2, 0.25) is 0 Å². The summed E-state index contributed by atoms with van der Waals surface area (Å²) in [6.07, 6.45) is -2.15. The summed E-state index contributed by atoms with van der Waals surface area (Å²) in [5.41, 5.74) is 2.00. The number of methoxy groups -OCH3 is 1. The predicted molar refractivity (Wildman–Crippen MR) is 101 cm³/mol. The van der Waals surface area contributed by atoms with Crippen LogP contribution in [0.15, 0.2) is 60.7 Å². The SMILES string of the molecule is CO[C@H]1O[C@@H]2CO[C@@H](c3ccccc3)O[C@H]2[C@H](OCc2ccccc2)[C@H]1CO. The number of benzene rings is 2. The van der Waals surface area contributed by atoms with Gasteiger partial charge in [0.1, 0.15) is 12.2 Å². The number of rotatable bonds is 6. The van der Waals surface area contributed by atoms with E-state index < -0.39 is 12.6 Å². The normalized spacial score (nSPS) is 32.6. The van der Waals surface area contributed by atoms with Crippen LogP contribution >= 0.6 is 0 Å². The fraction of sp³-hybridized carbons (Fsp3) is 0.455. The van der Waals surface area contributed by atoms with Gasteiger partial charge in [-0.25, -0.2) is 0 Å². The van der Waals surface area contributed by atoms with E-state index in [9.17, 15) is 5.11 Å². The molecule has 0 aliphatic carbocycles. The lowest BCUT2D eigenvalue weighted by atomic mass is 9.90. The molecule has 2 saturated heterocycles. The molecular weight excluding hydrogens is 360 g/mol. The number of hydrogen-bond donors (Lipinski definition) is 1. The van der Waals surface area contributed by atoms with Gasteiger partial charge >= 0.3 is 0 Å². The first kappa shape index (κ1) is 19.5. The Bertz CT molecular complexity index is 724. The quantitative estimate of drug-likeness (QED) is 0.823. The molecule has 6 heteroatoms. The second-order valence-corrected chi connectivity index (χ2v) is 7.06. The van der Waals surface area contributed by atoms with Gasteiger partial charge in [0.2, 0.25) is 0 Å². The summed E-state index contributed by atoms with van der Waals surface area (Å²) >= 11 is 0. The van der Waals surface area contributed by atoms with Crippen molar-refractivity contribution in [3.63, 3.8) is 0 Å². The van der Waals surface area contributed by atoms with E-state index in [1.807, 2.05) is 60.7 Å². The molecule has 6 atom stereocenters. The second-order valence-electron chi connectivity index (χ2n) is 7.06. The average molecular weight is 386 g/mol. The molecule has 0 aromatic heterocycles. The van der Waals surface area contributed by atoms with E-state index in [0.717, 1.165) is 11.1 Å². The molecule has 0 bridgehead atoms.